The molecule has 1 N–H and O–H groups in total. The molecule has 1 aliphatic rings. The van der Waals surface area contributed by atoms with Crippen molar-refractivity contribution in [1.82, 2.24) is 4.31 Å². The Morgan fingerprint density at radius 1 is 1.16 bits per heavy atom. The molecule has 0 saturated carbocycles. The SMILES string of the molecule is CS/C=C(C)/C(C)=C1/C(=N)N(S(=O)(=O)c2ccc(C)cc2)C=C1c1cccc(F)c1Cl. The maximum absolute atomic E-state index is 14.2. The van der Waals surface area contributed by atoms with Gasteiger partial charge >= 0.3 is 0 Å². The number of amidine groups is 1. The third-order valence-electron chi connectivity index (χ3n) is 5.05. The number of halogens is 2. The summed E-state index contributed by atoms with van der Waals surface area (Å²) in [6, 6.07) is 10.8. The average molecular weight is 477 g/mol. The average Bonchev–Trinajstić information content (AvgIpc) is 3.07. The minimum atomic E-state index is -4.04. The lowest BCUT2D eigenvalue weighted by atomic mass is 9.93. The van der Waals surface area contributed by atoms with Gasteiger partial charge in [-0.15, -0.1) is 11.8 Å². The molecular formula is C23H22ClFN2O2S2. The van der Waals surface area contributed by atoms with Crippen molar-refractivity contribution in [3.8, 4) is 0 Å². The molecule has 1 heterocycles. The summed E-state index contributed by atoms with van der Waals surface area (Å²) >= 11 is 7.73. The zero-order chi connectivity index (χ0) is 22.9. The van der Waals surface area contributed by atoms with Gasteiger partial charge in [0.2, 0.25) is 0 Å². The number of aryl methyl sites for hydroxylation is 1. The van der Waals surface area contributed by atoms with Crippen LogP contribution < -0.4 is 0 Å². The van der Waals surface area contributed by atoms with Crippen molar-refractivity contribution in [1.29, 1.82) is 5.41 Å². The number of rotatable bonds is 5. The number of nitrogens with zero attached hydrogens (tertiary/aromatic N) is 1. The Hall–Kier alpha value is -2.35. The van der Waals surface area contributed by atoms with E-state index in [-0.39, 0.29) is 15.8 Å². The van der Waals surface area contributed by atoms with E-state index in [1.54, 1.807) is 18.2 Å². The first-order chi connectivity index (χ1) is 14.6. The Morgan fingerprint density at radius 3 is 2.42 bits per heavy atom. The first kappa shape index (κ1) is 23.3. The zero-order valence-electron chi connectivity index (χ0n) is 17.5. The van der Waals surface area contributed by atoms with E-state index >= 15 is 0 Å². The van der Waals surface area contributed by atoms with Crippen LogP contribution >= 0.6 is 23.4 Å². The maximum atomic E-state index is 14.2. The Kier molecular flexibility index (Phi) is 6.79. The Morgan fingerprint density at radius 2 is 1.81 bits per heavy atom. The summed E-state index contributed by atoms with van der Waals surface area (Å²) in [4.78, 5) is 0.0686. The van der Waals surface area contributed by atoms with Gasteiger partial charge in [-0.2, -0.15) is 0 Å². The van der Waals surface area contributed by atoms with E-state index in [1.165, 1.54) is 42.2 Å². The molecule has 1 aliphatic heterocycles. The summed E-state index contributed by atoms with van der Waals surface area (Å²) in [5, 5.41) is 10.5. The lowest BCUT2D eigenvalue weighted by Gasteiger charge is -2.18. The molecule has 3 rings (SSSR count). The number of hydrogen-bond acceptors (Lipinski definition) is 4. The fourth-order valence-electron chi connectivity index (χ4n) is 3.26. The zero-order valence-corrected chi connectivity index (χ0v) is 19.9. The topological polar surface area (TPSA) is 61.2 Å². The molecule has 0 atom stereocenters. The van der Waals surface area contributed by atoms with E-state index in [0.717, 1.165) is 15.4 Å². The summed E-state index contributed by atoms with van der Waals surface area (Å²) in [5.41, 5.74) is 3.63. The van der Waals surface area contributed by atoms with Crippen molar-refractivity contribution >= 4 is 44.8 Å². The summed E-state index contributed by atoms with van der Waals surface area (Å²) in [6.45, 7) is 5.56. The van der Waals surface area contributed by atoms with Crippen LogP contribution in [0, 0.1) is 18.2 Å². The van der Waals surface area contributed by atoms with Crippen LogP contribution in [0.4, 0.5) is 4.39 Å². The second-order valence-electron chi connectivity index (χ2n) is 7.14. The van der Waals surface area contributed by atoms with Gasteiger partial charge in [0.25, 0.3) is 10.0 Å². The lowest BCUT2D eigenvalue weighted by molar-refractivity contribution is 0.564. The van der Waals surface area contributed by atoms with Crippen LogP contribution in [-0.4, -0.2) is 24.8 Å². The Labute approximate surface area is 191 Å². The van der Waals surface area contributed by atoms with Crippen molar-refractivity contribution < 1.29 is 12.8 Å². The van der Waals surface area contributed by atoms with Crippen LogP contribution in [0.15, 0.2) is 75.7 Å². The Balaban J connectivity index is 2.26. The van der Waals surface area contributed by atoms with Gasteiger partial charge < -0.3 is 0 Å². The number of hydrogen-bond donors (Lipinski definition) is 1. The van der Waals surface area contributed by atoms with E-state index in [9.17, 15) is 12.8 Å². The first-order valence-electron chi connectivity index (χ1n) is 9.37. The maximum Gasteiger partial charge on any atom is 0.269 e. The van der Waals surface area contributed by atoms with Gasteiger partial charge in [-0.3, -0.25) is 5.41 Å². The fourth-order valence-corrected chi connectivity index (χ4v) is 5.30. The summed E-state index contributed by atoms with van der Waals surface area (Å²) in [6.07, 6.45) is 3.26. The van der Waals surface area contributed by atoms with Crippen molar-refractivity contribution in [2.45, 2.75) is 25.7 Å². The molecule has 162 valence electrons. The van der Waals surface area contributed by atoms with Crippen LogP contribution in [-0.2, 0) is 10.0 Å². The smallest absolute Gasteiger partial charge is 0.269 e. The molecule has 31 heavy (non-hydrogen) atoms. The van der Waals surface area contributed by atoms with Crippen LogP contribution in [0.2, 0.25) is 5.02 Å². The molecule has 2 aromatic carbocycles. The normalized spacial score (nSPS) is 16.6. The minimum absolute atomic E-state index is 0.0686. The molecule has 2 aromatic rings. The van der Waals surface area contributed by atoms with Gasteiger partial charge in [-0.1, -0.05) is 41.4 Å². The number of allylic oxidation sites excluding steroid dienone is 2. The van der Waals surface area contributed by atoms with Gasteiger partial charge in [-0.25, -0.2) is 17.1 Å². The molecule has 4 nitrogen and oxygen atoms in total. The number of thioether (sulfide) groups is 1. The molecule has 0 unspecified atom stereocenters. The molecular weight excluding hydrogens is 455 g/mol. The second kappa shape index (κ2) is 9.02. The van der Waals surface area contributed by atoms with E-state index in [0.29, 0.717) is 22.3 Å². The third kappa shape index (κ3) is 4.35. The van der Waals surface area contributed by atoms with E-state index < -0.39 is 15.8 Å². The molecule has 0 aromatic heterocycles. The van der Waals surface area contributed by atoms with Gasteiger partial charge in [0.05, 0.1) is 9.92 Å². The second-order valence-corrected chi connectivity index (χ2v) is 10.0. The largest absolute Gasteiger partial charge is 0.283 e. The molecule has 0 radical (unpaired) electrons. The van der Waals surface area contributed by atoms with Crippen LogP contribution in [0.25, 0.3) is 5.57 Å². The summed E-state index contributed by atoms with van der Waals surface area (Å²) in [7, 11) is -4.04. The highest BCUT2D eigenvalue weighted by Crippen LogP contribution is 2.41. The minimum Gasteiger partial charge on any atom is -0.283 e. The van der Waals surface area contributed by atoms with Gasteiger partial charge in [0.15, 0.2) is 0 Å². The highest BCUT2D eigenvalue weighted by Gasteiger charge is 2.36. The van der Waals surface area contributed by atoms with E-state index in [4.69, 9.17) is 17.0 Å². The molecule has 0 saturated heterocycles. The standard InChI is InChI=1S/C23H22ClFN2O2S2/c1-14-8-10-17(11-9-14)31(28,29)27-12-19(18-6-5-7-20(25)22(18)24)21(23(27)26)16(3)15(2)13-30-4/h5-13,26H,1-4H3/b15-13+,21-16+,26-23?. The molecule has 0 spiro atoms. The first-order valence-corrected chi connectivity index (χ1v) is 12.5. The van der Waals surface area contributed by atoms with Crippen LogP contribution in [0.3, 0.4) is 0 Å². The van der Waals surface area contributed by atoms with Crippen molar-refractivity contribution in [3.05, 3.63) is 92.8 Å². The molecule has 0 amide bonds. The van der Waals surface area contributed by atoms with Gasteiger partial charge in [0, 0.05) is 22.9 Å². The fraction of sp³-hybridized carbons (Fsp3) is 0.174. The van der Waals surface area contributed by atoms with Crippen molar-refractivity contribution in [2.24, 2.45) is 0 Å². The van der Waals surface area contributed by atoms with Crippen LogP contribution in [0.5, 0.6) is 0 Å². The molecule has 8 heteroatoms. The number of sulfonamides is 1. The predicted molar refractivity (Wildman–Crippen MR) is 127 cm³/mol. The molecule has 0 bridgehead atoms. The molecule has 0 aliphatic carbocycles. The quantitative estimate of drug-likeness (QED) is 0.543. The predicted octanol–water partition coefficient (Wildman–Crippen LogP) is 6.39. The Bertz CT molecular complexity index is 1250. The van der Waals surface area contributed by atoms with E-state index in [1.807, 2.05) is 32.4 Å². The summed E-state index contributed by atoms with van der Waals surface area (Å²) in [5.74, 6) is -0.818. The highest BCUT2D eigenvalue weighted by atomic mass is 35.5. The van der Waals surface area contributed by atoms with E-state index in [2.05, 4.69) is 0 Å². The molecule has 0 fully saturated rings. The third-order valence-corrected chi connectivity index (χ3v) is 7.70. The highest BCUT2D eigenvalue weighted by molar-refractivity contribution is 8.01. The van der Waals surface area contributed by atoms with Crippen LogP contribution in [0.1, 0.15) is 25.0 Å². The van der Waals surface area contributed by atoms with Gasteiger partial charge in [-0.05, 0) is 61.8 Å². The lowest BCUT2D eigenvalue weighted by Crippen LogP contribution is -2.29. The van der Waals surface area contributed by atoms with Crippen molar-refractivity contribution in [3.63, 3.8) is 0 Å². The number of nitrogens with one attached hydrogen (secondary N) is 1. The van der Waals surface area contributed by atoms with Crippen molar-refractivity contribution in [2.75, 3.05) is 6.26 Å². The van der Waals surface area contributed by atoms with Gasteiger partial charge in [0.1, 0.15) is 11.7 Å². The monoisotopic (exact) mass is 476 g/mol. The summed E-state index contributed by atoms with van der Waals surface area (Å²) < 4.78 is 41.8. The number of benzene rings is 2.